The van der Waals surface area contributed by atoms with Crippen molar-refractivity contribution in [3.8, 4) is 0 Å². The zero-order valence-corrected chi connectivity index (χ0v) is 11.9. The maximum absolute atomic E-state index is 12.1. The van der Waals surface area contributed by atoms with Crippen LogP contribution in [0.1, 0.15) is 35.9 Å². The first-order valence-electron chi connectivity index (χ1n) is 5.79. The van der Waals surface area contributed by atoms with E-state index < -0.39 is 5.60 Å². The zero-order valence-electron chi connectivity index (χ0n) is 11.9. The van der Waals surface area contributed by atoms with E-state index in [-0.39, 0.29) is 5.78 Å². The summed E-state index contributed by atoms with van der Waals surface area (Å²) in [5.41, 5.74) is 0.548. The Bertz CT molecular complexity index is 459. The van der Waals surface area contributed by atoms with Gasteiger partial charge in [0.25, 0.3) is 0 Å². The minimum absolute atomic E-state index is 0.131. The van der Waals surface area contributed by atoms with Crippen LogP contribution in [-0.2, 0) is 10.3 Å². The van der Waals surface area contributed by atoms with E-state index in [1.807, 2.05) is 34.9 Å². The molecule has 1 aromatic heterocycles. The molecule has 18 heavy (non-hydrogen) atoms. The molecule has 5 nitrogen and oxygen atoms in total. The molecule has 0 bridgehead atoms. The van der Waals surface area contributed by atoms with E-state index in [0.29, 0.717) is 17.2 Å². The van der Waals surface area contributed by atoms with Crippen molar-refractivity contribution in [1.29, 1.82) is 0 Å². The molecular weight excluding hydrogens is 230 g/mol. The summed E-state index contributed by atoms with van der Waals surface area (Å²) >= 11 is 0. The van der Waals surface area contributed by atoms with Crippen LogP contribution >= 0.6 is 0 Å². The van der Waals surface area contributed by atoms with Crippen LogP contribution < -0.4 is 0 Å². The van der Waals surface area contributed by atoms with Gasteiger partial charge < -0.3 is 14.6 Å². The highest BCUT2D eigenvalue weighted by molar-refractivity contribution is 6.04. The highest BCUT2D eigenvalue weighted by atomic mass is 16.5. The number of ether oxygens (including phenoxy) is 1. The van der Waals surface area contributed by atoms with Crippen LogP contribution in [-0.4, -0.2) is 41.9 Å². The topological polar surface area (TPSA) is 58.2 Å². The second-order valence-corrected chi connectivity index (χ2v) is 4.90. The van der Waals surface area contributed by atoms with Crippen molar-refractivity contribution >= 4 is 5.78 Å². The van der Waals surface area contributed by atoms with E-state index in [1.54, 1.807) is 18.2 Å². The number of methoxy groups -OCH3 is 1. The van der Waals surface area contributed by atoms with E-state index >= 15 is 0 Å². The lowest BCUT2D eigenvalue weighted by molar-refractivity contribution is 0.0151. The fraction of sp³-hybridized carbons (Fsp3) is 0.538. The van der Waals surface area contributed by atoms with Gasteiger partial charge in [-0.1, -0.05) is 0 Å². The smallest absolute Gasteiger partial charge is 0.207 e. The molecule has 0 spiro atoms. The lowest BCUT2D eigenvalue weighted by Crippen LogP contribution is -2.23. The lowest BCUT2D eigenvalue weighted by Gasteiger charge is -2.22. The summed E-state index contributed by atoms with van der Waals surface area (Å²) in [6.07, 6.45) is 3.21. The Balaban J connectivity index is 3.14. The highest BCUT2D eigenvalue weighted by Gasteiger charge is 2.28. The molecule has 1 N–H and O–H groups in total. The summed E-state index contributed by atoms with van der Waals surface area (Å²) in [4.78, 5) is 21.2. The summed E-state index contributed by atoms with van der Waals surface area (Å²) in [6.45, 7) is 5.61. The molecule has 0 aliphatic heterocycles. The third-order valence-electron chi connectivity index (χ3n) is 2.69. The molecule has 0 aliphatic rings. The monoisotopic (exact) mass is 251 g/mol. The van der Waals surface area contributed by atoms with Gasteiger partial charge in [-0.15, -0.1) is 0 Å². The Hall–Kier alpha value is -1.62. The van der Waals surface area contributed by atoms with Crippen LogP contribution in [0.2, 0.25) is 0 Å². The third kappa shape index (κ3) is 3.20. The van der Waals surface area contributed by atoms with Gasteiger partial charge in [-0.05, 0) is 20.8 Å². The largest absolute Gasteiger partial charge is 0.383 e. The first-order chi connectivity index (χ1) is 8.27. The molecule has 0 amide bonds. The van der Waals surface area contributed by atoms with Gasteiger partial charge in [-0.25, -0.2) is 4.98 Å². The van der Waals surface area contributed by atoms with Gasteiger partial charge in [0.15, 0.2) is 0 Å². The van der Waals surface area contributed by atoms with Crippen molar-refractivity contribution < 1.29 is 9.53 Å². The number of H-pyrrole nitrogens is 1. The molecule has 100 valence electrons. The normalized spacial score (nSPS) is 12.1. The Morgan fingerprint density at radius 2 is 2.06 bits per heavy atom. The number of aromatic amines is 1. The van der Waals surface area contributed by atoms with Crippen LogP contribution in [0.3, 0.4) is 0 Å². The average Bonchev–Trinajstić information content (AvgIpc) is 2.69. The van der Waals surface area contributed by atoms with Crippen LogP contribution in [0, 0.1) is 6.92 Å². The molecule has 0 radical (unpaired) electrons. The van der Waals surface area contributed by atoms with Gasteiger partial charge in [-0.2, -0.15) is 0 Å². The number of imidazole rings is 1. The number of aryl methyl sites for hydroxylation is 1. The first kappa shape index (κ1) is 14.4. The third-order valence-corrected chi connectivity index (χ3v) is 2.69. The van der Waals surface area contributed by atoms with Gasteiger partial charge in [0.1, 0.15) is 17.1 Å². The molecule has 0 saturated heterocycles. The zero-order chi connectivity index (χ0) is 13.9. The summed E-state index contributed by atoms with van der Waals surface area (Å²) < 4.78 is 5.40. The molecule has 0 aromatic carbocycles. The molecule has 0 unspecified atom stereocenters. The van der Waals surface area contributed by atoms with Crippen LogP contribution in [0.5, 0.6) is 0 Å². The summed E-state index contributed by atoms with van der Waals surface area (Å²) in [6, 6.07) is 0. The van der Waals surface area contributed by atoms with E-state index in [2.05, 4.69) is 9.97 Å². The second-order valence-electron chi connectivity index (χ2n) is 4.90. The molecule has 1 rings (SSSR count). The number of carbonyl (C=O) groups is 1. The fourth-order valence-electron chi connectivity index (χ4n) is 1.50. The predicted molar refractivity (Wildman–Crippen MR) is 70.5 cm³/mol. The Morgan fingerprint density at radius 3 is 2.56 bits per heavy atom. The van der Waals surface area contributed by atoms with E-state index in [4.69, 9.17) is 4.74 Å². The standard InChI is InChI=1S/C13H21N3O2/c1-9-14-11(10(17)7-8-16(4)5)12(15-9)13(2,3)18-6/h7-8H,1-6H3,(H,14,15). The van der Waals surface area contributed by atoms with Gasteiger partial charge >= 0.3 is 0 Å². The van der Waals surface area contributed by atoms with E-state index in [1.165, 1.54) is 6.08 Å². The minimum atomic E-state index is -0.571. The number of carbonyl (C=O) groups excluding carboxylic acids is 1. The molecule has 1 heterocycles. The Kier molecular flexibility index (Phi) is 4.29. The van der Waals surface area contributed by atoms with Crippen molar-refractivity contribution in [3.05, 3.63) is 29.5 Å². The SMILES string of the molecule is COC(C)(C)c1[nH]c(C)nc1C(=O)C=CN(C)C. The van der Waals surface area contributed by atoms with Crippen LogP contribution in [0.25, 0.3) is 0 Å². The Morgan fingerprint density at radius 1 is 1.44 bits per heavy atom. The molecule has 1 aromatic rings. The molecule has 5 heteroatoms. The van der Waals surface area contributed by atoms with Gasteiger partial charge in [0, 0.05) is 33.5 Å². The summed E-state index contributed by atoms with van der Waals surface area (Å²) in [5, 5.41) is 0. The number of hydrogen-bond donors (Lipinski definition) is 1. The van der Waals surface area contributed by atoms with Crippen molar-refractivity contribution in [2.45, 2.75) is 26.4 Å². The molecule has 0 aliphatic carbocycles. The van der Waals surface area contributed by atoms with Crippen molar-refractivity contribution in [3.63, 3.8) is 0 Å². The number of nitrogens with one attached hydrogen (secondary N) is 1. The predicted octanol–water partition coefficient (Wildman–Crippen LogP) is 1.86. The fourth-order valence-corrected chi connectivity index (χ4v) is 1.50. The van der Waals surface area contributed by atoms with Gasteiger partial charge in [-0.3, -0.25) is 4.79 Å². The number of hydrogen-bond acceptors (Lipinski definition) is 4. The lowest BCUT2D eigenvalue weighted by atomic mass is 10.0. The highest BCUT2D eigenvalue weighted by Crippen LogP contribution is 2.25. The first-order valence-corrected chi connectivity index (χ1v) is 5.79. The molecule has 0 atom stereocenters. The maximum Gasteiger partial charge on any atom is 0.207 e. The van der Waals surface area contributed by atoms with Crippen LogP contribution in [0.4, 0.5) is 0 Å². The second kappa shape index (κ2) is 5.35. The number of aromatic nitrogens is 2. The number of allylic oxidation sites excluding steroid dienone is 1. The van der Waals surface area contributed by atoms with Gasteiger partial charge in [0.05, 0.1) is 5.69 Å². The summed E-state index contributed by atoms with van der Waals surface area (Å²) in [5.74, 6) is 0.574. The Labute approximate surface area is 108 Å². The van der Waals surface area contributed by atoms with Crippen molar-refractivity contribution in [1.82, 2.24) is 14.9 Å². The number of nitrogens with zero attached hydrogens (tertiary/aromatic N) is 2. The quantitative estimate of drug-likeness (QED) is 0.641. The number of ketones is 1. The molecule has 0 fully saturated rings. The molecule has 0 saturated carbocycles. The van der Waals surface area contributed by atoms with Gasteiger partial charge in [0.2, 0.25) is 5.78 Å². The summed E-state index contributed by atoms with van der Waals surface area (Å²) in [7, 11) is 5.33. The number of rotatable bonds is 5. The van der Waals surface area contributed by atoms with Crippen LogP contribution in [0.15, 0.2) is 12.3 Å². The van der Waals surface area contributed by atoms with E-state index in [0.717, 1.165) is 0 Å². The average molecular weight is 251 g/mol. The minimum Gasteiger partial charge on any atom is -0.383 e. The van der Waals surface area contributed by atoms with Crippen molar-refractivity contribution in [2.75, 3.05) is 21.2 Å². The van der Waals surface area contributed by atoms with Crippen molar-refractivity contribution in [2.24, 2.45) is 0 Å². The van der Waals surface area contributed by atoms with E-state index in [9.17, 15) is 4.79 Å². The molecular formula is C13H21N3O2. The maximum atomic E-state index is 12.1.